The molecule has 1 aliphatic rings. The fourth-order valence-electron chi connectivity index (χ4n) is 3.56. The average Bonchev–Trinajstić information content (AvgIpc) is 2.91. The summed E-state index contributed by atoms with van der Waals surface area (Å²) in [5, 5.41) is 0.592. The van der Waals surface area contributed by atoms with Gasteiger partial charge in [0.2, 0.25) is 0 Å². The number of benzene rings is 1. The van der Waals surface area contributed by atoms with E-state index in [1.54, 1.807) is 0 Å². The maximum absolute atomic E-state index is 13.8. The highest BCUT2D eigenvalue weighted by molar-refractivity contribution is 6.35. The molecule has 118 valence electrons. The van der Waals surface area contributed by atoms with Crippen LogP contribution in [0, 0.1) is 11.7 Å². The van der Waals surface area contributed by atoms with Gasteiger partial charge in [0.05, 0.1) is 5.02 Å². The molecule has 1 aromatic rings. The standard InChI is InChI=1S/C16H23Cl2FN2/c1-3-21(16-6-4-5-11(16)9-20)10(2)12-7-15(19)14(18)8-13(12)17/h7-8,10-11,16H,3-6,9,20H2,1-2H3. The number of rotatable bonds is 5. The minimum absolute atomic E-state index is 0.0476. The minimum atomic E-state index is -0.416. The maximum atomic E-state index is 13.8. The van der Waals surface area contributed by atoms with Crippen LogP contribution in [0.4, 0.5) is 4.39 Å². The molecular weight excluding hydrogens is 310 g/mol. The summed E-state index contributed by atoms with van der Waals surface area (Å²) in [6, 6.07) is 3.45. The third-order valence-corrected chi connectivity index (χ3v) is 5.32. The third kappa shape index (κ3) is 3.53. The van der Waals surface area contributed by atoms with E-state index in [9.17, 15) is 4.39 Å². The van der Waals surface area contributed by atoms with Crippen molar-refractivity contribution in [1.82, 2.24) is 4.90 Å². The molecular formula is C16H23Cl2FN2. The summed E-state index contributed by atoms with van der Waals surface area (Å²) in [5.41, 5.74) is 6.69. The molecule has 0 aromatic heterocycles. The quantitative estimate of drug-likeness (QED) is 0.795. The lowest BCUT2D eigenvalue weighted by atomic mass is 9.98. The fourth-order valence-corrected chi connectivity index (χ4v) is 4.10. The van der Waals surface area contributed by atoms with E-state index in [1.807, 2.05) is 0 Å². The monoisotopic (exact) mass is 332 g/mol. The second kappa shape index (κ2) is 7.28. The van der Waals surface area contributed by atoms with Crippen LogP contribution in [-0.2, 0) is 0 Å². The van der Waals surface area contributed by atoms with Gasteiger partial charge in [0.15, 0.2) is 0 Å². The van der Waals surface area contributed by atoms with Crippen LogP contribution in [-0.4, -0.2) is 24.0 Å². The molecule has 0 amide bonds. The Morgan fingerprint density at radius 3 is 2.67 bits per heavy atom. The van der Waals surface area contributed by atoms with Crippen LogP contribution in [0.25, 0.3) is 0 Å². The van der Waals surface area contributed by atoms with Gasteiger partial charge in [0.1, 0.15) is 5.82 Å². The SMILES string of the molecule is CCN(C(C)c1cc(F)c(Cl)cc1Cl)C1CCCC1CN. The first-order valence-electron chi connectivity index (χ1n) is 7.59. The maximum Gasteiger partial charge on any atom is 0.142 e. The van der Waals surface area contributed by atoms with Gasteiger partial charge in [0.25, 0.3) is 0 Å². The number of halogens is 3. The summed E-state index contributed by atoms with van der Waals surface area (Å²) in [5.74, 6) is 0.101. The molecule has 21 heavy (non-hydrogen) atoms. The summed E-state index contributed by atoms with van der Waals surface area (Å²) in [6.07, 6.45) is 3.53. The van der Waals surface area contributed by atoms with Crippen molar-refractivity contribution in [2.45, 2.75) is 45.2 Å². The molecule has 0 aliphatic heterocycles. The number of hydrogen-bond acceptors (Lipinski definition) is 2. The van der Waals surface area contributed by atoms with Gasteiger partial charge in [-0.2, -0.15) is 0 Å². The molecule has 1 saturated carbocycles. The van der Waals surface area contributed by atoms with E-state index in [0.717, 1.165) is 18.5 Å². The smallest absolute Gasteiger partial charge is 0.142 e. The second-order valence-electron chi connectivity index (χ2n) is 5.79. The Hall–Kier alpha value is -0.350. The molecule has 0 heterocycles. The van der Waals surface area contributed by atoms with Crippen molar-refractivity contribution >= 4 is 23.2 Å². The zero-order valence-corrected chi connectivity index (χ0v) is 14.1. The van der Waals surface area contributed by atoms with Gasteiger partial charge in [-0.25, -0.2) is 4.39 Å². The van der Waals surface area contributed by atoms with E-state index in [0.29, 0.717) is 23.5 Å². The summed E-state index contributed by atoms with van der Waals surface area (Å²) in [6.45, 7) is 5.80. The molecule has 3 unspecified atom stereocenters. The van der Waals surface area contributed by atoms with Crippen molar-refractivity contribution in [2.75, 3.05) is 13.1 Å². The average molecular weight is 333 g/mol. The van der Waals surface area contributed by atoms with Gasteiger partial charge in [-0.05, 0) is 56.5 Å². The molecule has 0 saturated heterocycles. The minimum Gasteiger partial charge on any atom is -0.330 e. The van der Waals surface area contributed by atoms with E-state index in [4.69, 9.17) is 28.9 Å². The summed E-state index contributed by atoms with van der Waals surface area (Å²) < 4.78 is 13.8. The first kappa shape index (κ1) is 17.0. The van der Waals surface area contributed by atoms with E-state index < -0.39 is 5.82 Å². The van der Waals surface area contributed by atoms with Gasteiger partial charge in [0, 0.05) is 17.1 Å². The molecule has 2 nitrogen and oxygen atoms in total. The van der Waals surface area contributed by atoms with E-state index in [1.165, 1.54) is 25.0 Å². The molecule has 1 aromatic carbocycles. The highest BCUT2D eigenvalue weighted by Gasteiger charge is 2.33. The highest BCUT2D eigenvalue weighted by atomic mass is 35.5. The molecule has 3 atom stereocenters. The summed E-state index contributed by atoms with van der Waals surface area (Å²) in [7, 11) is 0. The van der Waals surface area contributed by atoms with Gasteiger partial charge in [-0.3, -0.25) is 4.90 Å². The number of nitrogens with two attached hydrogens (primary N) is 1. The predicted octanol–water partition coefficient (Wildman–Crippen LogP) is 4.64. The van der Waals surface area contributed by atoms with E-state index in [-0.39, 0.29) is 11.1 Å². The summed E-state index contributed by atoms with van der Waals surface area (Å²) in [4.78, 5) is 2.39. The highest BCUT2D eigenvalue weighted by Crippen LogP contribution is 2.37. The first-order chi connectivity index (χ1) is 9.99. The Morgan fingerprint density at radius 1 is 1.33 bits per heavy atom. The molecule has 0 radical (unpaired) electrons. The van der Waals surface area contributed by atoms with Gasteiger partial charge >= 0.3 is 0 Å². The Labute approximate surface area is 136 Å². The predicted molar refractivity (Wildman–Crippen MR) is 87.4 cm³/mol. The molecule has 0 spiro atoms. The Balaban J connectivity index is 2.28. The zero-order chi connectivity index (χ0) is 15.6. The molecule has 2 N–H and O–H groups in total. The topological polar surface area (TPSA) is 29.3 Å². The summed E-state index contributed by atoms with van der Waals surface area (Å²) >= 11 is 12.1. The van der Waals surface area contributed by atoms with Crippen molar-refractivity contribution in [3.05, 3.63) is 33.6 Å². The van der Waals surface area contributed by atoms with Gasteiger partial charge in [-0.1, -0.05) is 36.5 Å². The number of nitrogens with zero attached hydrogens (tertiary/aromatic N) is 1. The van der Waals surface area contributed by atoms with E-state index >= 15 is 0 Å². The van der Waals surface area contributed by atoms with Crippen LogP contribution in [0.2, 0.25) is 10.0 Å². The van der Waals surface area contributed by atoms with Crippen LogP contribution >= 0.6 is 23.2 Å². The largest absolute Gasteiger partial charge is 0.330 e. The van der Waals surface area contributed by atoms with Crippen molar-refractivity contribution < 1.29 is 4.39 Å². The molecule has 1 fully saturated rings. The number of hydrogen-bond donors (Lipinski definition) is 1. The van der Waals surface area contributed by atoms with Crippen molar-refractivity contribution in [1.29, 1.82) is 0 Å². The Bertz CT molecular complexity index is 495. The van der Waals surface area contributed by atoms with Crippen LogP contribution < -0.4 is 5.73 Å². The first-order valence-corrected chi connectivity index (χ1v) is 8.35. The zero-order valence-electron chi connectivity index (χ0n) is 12.6. The van der Waals surface area contributed by atoms with E-state index in [2.05, 4.69) is 18.7 Å². The normalized spacial score (nSPS) is 23.8. The Morgan fingerprint density at radius 2 is 2.05 bits per heavy atom. The van der Waals surface area contributed by atoms with Crippen molar-refractivity contribution in [3.8, 4) is 0 Å². The second-order valence-corrected chi connectivity index (χ2v) is 6.60. The lowest BCUT2D eigenvalue weighted by Gasteiger charge is -2.37. The Kier molecular flexibility index (Phi) is 5.89. The lowest BCUT2D eigenvalue weighted by molar-refractivity contribution is 0.123. The van der Waals surface area contributed by atoms with Gasteiger partial charge < -0.3 is 5.73 Å². The molecule has 0 bridgehead atoms. The fraction of sp³-hybridized carbons (Fsp3) is 0.625. The molecule has 5 heteroatoms. The molecule has 2 rings (SSSR count). The van der Waals surface area contributed by atoms with Crippen molar-refractivity contribution in [3.63, 3.8) is 0 Å². The van der Waals surface area contributed by atoms with Crippen molar-refractivity contribution in [2.24, 2.45) is 11.7 Å². The van der Waals surface area contributed by atoms with Crippen LogP contribution in [0.15, 0.2) is 12.1 Å². The van der Waals surface area contributed by atoms with Crippen LogP contribution in [0.5, 0.6) is 0 Å². The lowest BCUT2D eigenvalue weighted by Crippen LogP contribution is -2.41. The van der Waals surface area contributed by atoms with Crippen LogP contribution in [0.1, 0.15) is 44.7 Å². The van der Waals surface area contributed by atoms with Crippen LogP contribution in [0.3, 0.4) is 0 Å². The third-order valence-electron chi connectivity index (χ3n) is 4.70. The molecule has 1 aliphatic carbocycles. The van der Waals surface area contributed by atoms with Gasteiger partial charge in [-0.15, -0.1) is 0 Å².